The van der Waals surface area contributed by atoms with Crippen molar-refractivity contribution in [2.24, 2.45) is 0 Å². The summed E-state index contributed by atoms with van der Waals surface area (Å²) in [7, 11) is 0. The minimum atomic E-state index is 0.250. The summed E-state index contributed by atoms with van der Waals surface area (Å²) >= 11 is 0. The number of piperidine rings is 1. The van der Waals surface area contributed by atoms with Crippen LogP contribution in [0.4, 0.5) is 11.6 Å². The largest absolute Gasteiger partial charge is 0.370 e. The van der Waals surface area contributed by atoms with Gasteiger partial charge in [-0.05, 0) is 38.3 Å². The van der Waals surface area contributed by atoms with Gasteiger partial charge in [0.05, 0.1) is 0 Å². The number of rotatable bonds is 6. The Bertz CT molecular complexity index is 430. The Kier molecular flexibility index (Phi) is 5.65. The summed E-state index contributed by atoms with van der Waals surface area (Å²) in [4.78, 5) is 18.4. The lowest BCUT2D eigenvalue weighted by molar-refractivity contribution is -0.131. The molecule has 0 atom stereocenters. The Labute approximate surface area is 120 Å². The van der Waals surface area contributed by atoms with Crippen LogP contribution in [0.2, 0.25) is 0 Å². The number of aromatic nitrogens is 1. The fourth-order valence-electron chi connectivity index (χ4n) is 2.41. The van der Waals surface area contributed by atoms with E-state index in [9.17, 15) is 4.79 Å². The molecule has 1 aromatic heterocycles. The zero-order valence-electron chi connectivity index (χ0n) is 12.2. The van der Waals surface area contributed by atoms with Crippen molar-refractivity contribution in [2.45, 2.75) is 32.6 Å². The summed E-state index contributed by atoms with van der Waals surface area (Å²) in [5.41, 5.74) is 0. The van der Waals surface area contributed by atoms with Crippen LogP contribution in [0.5, 0.6) is 0 Å². The SMILES string of the molecule is CCNc1cccc(NCCC(=O)N2CCCCC2)n1. The highest BCUT2D eigenvalue weighted by Crippen LogP contribution is 2.11. The number of nitrogens with one attached hydrogen (secondary N) is 2. The van der Waals surface area contributed by atoms with Gasteiger partial charge in [-0.15, -0.1) is 0 Å². The molecule has 0 spiro atoms. The first kappa shape index (κ1) is 14.6. The maximum atomic E-state index is 12.0. The number of hydrogen-bond donors (Lipinski definition) is 2. The highest BCUT2D eigenvalue weighted by Gasteiger charge is 2.15. The van der Waals surface area contributed by atoms with Gasteiger partial charge in [-0.25, -0.2) is 4.98 Å². The van der Waals surface area contributed by atoms with Crippen LogP contribution in [0, 0.1) is 0 Å². The van der Waals surface area contributed by atoms with Gasteiger partial charge in [-0.3, -0.25) is 4.79 Å². The molecular weight excluding hydrogens is 252 g/mol. The second kappa shape index (κ2) is 7.72. The third kappa shape index (κ3) is 4.40. The zero-order chi connectivity index (χ0) is 14.2. The number of nitrogens with zero attached hydrogens (tertiary/aromatic N) is 2. The van der Waals surface area contributed by atoms with Crippen molar-refractivity contribution in [1.29, 1.82) is 0 Å². The van der Waals surface area contributed by atoms with Gasteiger partial charge in [0.25, 0.3) is 0 Å². The van der Waals surface area contributed by atoms with E-state index in [1.54, 1.807) is 0 Å². The normalized spacial score (nSPS) is 14.9. The van der Waals surface area contributed by atoms with Crippen molar-refractivity contribution in [3.8, 4) is 0 Å². The summed E-state index contributed by atoms with van der Waals surface area (Å²) in [6, 6.07) is 5.82. The summed E-state index contributed by atoms with van der Waals surface area (Å²) in [6.07, 6.45) is 4.08. The fourth-order valence-corrected chi connectivity index (χ4v) is 2.41. The number of amides is 1. The molecule has 0 saturated carbocycles. The van der Waals surface area contributed by atoms with Gasteiger partial charge in [0.15, 0.2) is 0 Å². The van der Waals surface area contributed by atoms with Gasteiger partial charge in [-0.2, -0.15) is 0 Å². The first-order valence-electron chi connectivity index (χ1n) is 7.52. The topological polar surface area (TPSA) is 57.3 Å². The summed E-state index contributed by atoms with van der Waals surface area (Å²) in [5, 5.41) is 6.39. The van der Waals surface area contributed by atoms with Crippen molar-refractivity contribution >= 4 is 17.5 Å². The number of carbonyl (C=O) groups is 1. The average Bonchev–Trinajstić information content (AvgIpc) is 2.49. The third-order valence-electron chi connectivity index (χ3n) is 3.46. The molecule has 0 aromatic carbocycles. The third-order valence-corrected chi connectivity index (χ3v) is 3.46. The Hall–Kier alpha value is -1.78. The molecule has 1 fully saturated rings. The predicted molar refractivity (Wildman–Crippen MR) is 81.9 cm³/mol. The van der Waals surface area contributed by atoms with Gasteiger partial charge in [-0.1, -0.05) is 6.07 Å². The van der Waals surface area contributed by atoms with Crippen LogP contribution in [-0.4, -0.2) is 42.0 Å². The molecule has 1 aromatic rings. The van der Waals surface area contributed by atoms with Gasteiger partial charge < -0.3 is 15.5 Å². The molecule has 20 heavy (non-hydrogen) atoms. The molecule has 2 rings (SSSR count). The Balaban J connectivity index is 1.74. The molecule has 2 N–H and O–H groups in total. The van der Waals surface area contributed by atoms with E-state index < -0.39 is 0 Å². The van der Waals surface area contributed by atoms with E-state index >= 15 is 0 Å². The van der Waals surface area contributed by atoms with Crippen LogP contribution in [0.25, 0.3) is 0 Å². The highest BCUT2D eigenvalue weighted by atomic mass is 16.2. The monoisotopic (exact) mass is 276 g/mol. The molecule has 0 radical (unpaired) electrons. The van der Waals surface area contributed by atoms with Gasteiger partial charge in [0, 0.05) is 32.6 Å². The van der Waals surface area contributed by atoms with Crippen molar-refractivity contribution in [1.82, 2.24) is 9.88 Å². The molecule has 0 aliphatic carbocycles. The lowest BCUT2D eigenvalue weighted by Crippen LogP contribution is -2.36. The first-order chi connectivity index (χ1) is 9.79. The van der Waals surface area contributed by atoms with E-state index in [-0.39, 0.29) is 5.91 Å². The van der Waals surface area contributed by atoms with E-state index in [1.165, 1.54) is 6.42 Å². The van der Waals surface area contributed by atoms with Crippen LogP contribution in [0.1, 0.15) is 32.6 Å². The van der Waals surface area contributed by atoms with Crippen LogP contribution < -0.4 is 10.6 Å². The second-order valence-corrected chi connectivity index (χ2v) is 5.06. The van der Waals surface area contributed by atoms with E-state index in [4.69, 9.17) is 0 Å². The number of anilines is 2. The molecule has 1 aliphatic heterocycles. The van der Waals surface area contributed by atoms with Crippen LogP contribution in [-0.2, 0) is 4.79 Å². The van der Waals surface area contributed by atoms with Crippen molar-refractivity contribution in [3.05, 3.63) is 18.2 Å². The lowest BCUT2D eigenvalue weighted by Gasteiger charge is -2.26. The molecule has 5 nitrogen and oxygen atoms in total. The minimum absolute atomic E-state index is 0.250. The molecule has 1 saturated heterocycles. The maximum absolute atomic E-state index is 12.0. The van der Waals surface area contributed by atoms with Gasteiger partial charge in [0.2, 0.25) is 5.91 Å². The van der Waals surface area contributed by atoms with Gasteiger partial charge in [0.1, 0.15) is 11.6 Å². The molecule has 1 aliphatic rings. The highest BCUT2D eigenvalue weighted by molar-refractivity contribution is 5.76. The summed E-state index contributed by atoms with van der Waals surface area (Å²) < 4.78 is 0. The standard InChI is InChI=1S/C15H24N4O/c1-2-16-13-7-6-8-14(18-13)17-10-9-15(20)19-11-4-3-5-12-19/h6-8H,2-5,9-12H2,1H3,(H2,16,17,18). The van der Waals surface area contributed by atoms with Crippen molar-refractivity contribution in [3.63, 3.8) is 0 Å². The molecule has 1 amide bonds. The predicted octanol–water partition coefficient (Wildman–Crippen LogP) is 2.33. The number of likely N-dealkylation sites (tertiary alicyclic amines) is 1. The van der Waals surface area contributed by atoms with E-state index in [1.807, 2.05) is 30.0 Å². The molecule has 2 heterocycles. The van der Waals surface area contributed by atoms with Crippen LogP contribution in [0.15, 0.2) is 18.2 Å². The van der Waals surface area contributed by atoms with E-state index in [2.05, 4.69) is 15.6 Å². The molecule has 0 unspecified atom stereocenters. The maximum Gasteiger partial charge on any atom is 0.224 e. The lowest BCUT2D eigenvalue weighted by atomic mass is 10.1. The van der Waals surface area contributed by atoms with Gasteiger partial charge >= 0.3 is 0 Å². The van der Waals surface area contributed by atoms with Crippen molar-refractivity contribution in [2.75, 3.05) is 36.8 Å². The molecule has 110 valence electrons. The van der Waals surface area contributed by atoms with E-state index in [0.717, 1.165) is 44.1 Å². The summed E-state index contributed by atoms with van der Waals surface area (Å²) in [6.45, 7) is 5.38. The zero-order valence-corrected chi connectivity index (χ0v) is 12.2. The van der Waals surface area contributed by atoms with Crippen molar-refractivity contribution < 1.29 is 4.79 Å². The minimum Gasteiger partial charge on any atom is -0.370 e. The van der Waals surface area contributed by atoms with Crippen LogP contribution in [0.3, 0.4) is 0 Å². The molecule has 0 bridgehead atoms. The Morgan fingerprint density at radius 2 is 1.90 bits per heavy atom. The van der Waals surface area contributed by atoms with E-state index in [0.29, 0.717) is 13.0 Å². The second-order valence-electron chi connectivity index (χ2n) is 5.06. The average molecular weight is 276 g/mol. The summed E-state index contributed by atoms with van der Waals surface area (Å²) in [5.74, 6) is 1.93. The Morgan fingerprint density at radius 1 is 1.20 bits per heavy atom. The van der Waals surface area contributed by atoms with Crippen LogP contribution >= 0.6 is 0 Å². The quantitative estimate of drug-likeness (QED) is 0.837. The molecular formula is C15H24N4O. The fraction of sp³-hybridized carbons (Fsp3) is 0.600. The number of hydrogen-bond acceptors (Lipinski definition) is 4. The Morgan fingerprint density at radius 3 is 2.60 bits per heavy atom. The first-order valence-corrected chi connectivity index (χ1v) is 7.52. The smallest absolute Gasteiger partial charge is 0.224 e. The number of carbonyl (C=O) groups excluding carboxylic acids is 1. The number of pyridine rings is 1. The molecule has 5 heteroatoms.